The van der Waals surface area contributed by atoms with Gasteiger partial charge in [0.25, 0.3) is 0 Å². The van der Waals surface area contributed by atoms with Gasteiger partial charge in [-0.1, -0.05) is 48.5 Å². The van der Waals surface area contributed by atoms with E-state index in [-0.39, 0.29) is 12.5 Å². The second-order valence-corrected chi connectivity index (χ2v) is 4.71. The Hall–Kier alpha value is -2.13. The van der Waals surface area contributed by atoms with Gasteiger partial charge in [0.1, 0.15) is 0 Å². The summed E-state index contributed by atoms with van der Waals surface area (Å²) in [6.07, 6.45) is 2.02. The van der Waals surface area contributed by atoms with E-state index in [4.69, 9.17) is 5.11 Å². The molecule has 0 saturated carbocycles. The summed E-state index contributed by atoms with van der Waals surface area (Å²) in [6.45, 7) is 4.42. The van der Waals surface area contributed by atoms with Crippen molar-refractivity contribution in [2.24, 2.45) is 0 Å². The maximum Gasteiger partial charge on any atom is 0.227 e. The molecule has 0 fully saturated rings. The van der Waals surface area contributed by atoms with Crippen molar-refractivity contribution in [1.82, 2.24) is 4.90 Å². The van der Waals surface area contributed by atoms with Crippen LogP contribution < -0.4 is 0 Å². The first-order chi connectivity index (χ1) is 9.74. The highest BCUT2D eigenvalue weighted by Gasteiger charge is 2.12. The van der Waals surface area contributed by atoms with Crippen LogP contribution in [0.5, 0.6) is 0 Å². The molecule has 0 aromatic heterocycles. The summed E-state index contributed by atoms with van der Waals surface area (Å²) in [5, 5.41) is 11.3. The number of benzene rings is 2. The Labute approximate surface area is 119 Å². The summed E-state index contributed by atoms with van der Waals surface area (Å²) in [5.74, 6) is 0.00855. The summed E-state index contributed by atoms with van der Waals surface area (Å²) in [5.41, 5.74) is 0.987. The highest BCUT2D eigenvalue weighted by atomic mass is 16.3. The van der Waals surface area contributed by atoms with Crippen molar-refractivity contribution >= 4 is 16.7 Å². The van der Waals surface area contributed by atoms with E-state index >= 15 is 0 Å². The van der Waals surface area contributed by atoms with Crippen LogP contribution >= 0.6 is 0 Å². The minimum absolute atomic E-state index is 0.00855. The molecule has 0 aliphatic rings. The molecule has 2 aromatic rings. The first-order valence-electron chi connectivity index (χ1n) is 6.72. The van der Waals surface area contributed by atoms with Crippen molar-refractivity contribution in [2.75, 3.05) is 19.7 Å². The Bertz CT molecular complexity index is 607. The molecule has 104 valence electrons. The number of aliphatic hydroxyl groups is 1. The van der Waals surface area contributed by atoms with Crippen molar-refractivity contribution in [1.29, 1.82) is 0 Å². The molecule has 20 heavy (non-hydrogen) atoms. The van der Waals surface area contributed by atoms with Gasteiger partial charge in [-0.15, -0.1) is 6.58 Å². The van der Waals surface area contributed by atoms with Crippen molar-refractivity contribution < 1.29 is 9.90 Å². The zero-order chi connectivity index (χ0) is 14.4. The number of hydrogen-bond donors (Lipinski definition) is 1. The second-order valence-electron chi connectivity index (χ2n) is 4.71. The Kier molecular flexibility index (Phi) is 4.91. The largest absolute Gasteiger partial charge is 0.395 e. The average molecular weight is 269 g/mol. The maximum atomic E-state index is 12.2. The third-order valence-electron chi connectivity index (χ3n) is 3.24. The van der Waals surface area contributed by atoms with Gasteiger partial charge >= 0.3 is 0 Å². The summed E-state index contributed by atoms with van der Waals surface area (Å²) in [4.78, 5) is 13.8. The van der Waals surface area contributed by atoms with Crippen molar-refractivity contribution in [3.8, 4) is 0 Å². The molecule has 0 aliphatic heterocycles. The summed E-state index contributed by atoms with van der Waals surface area (Å²) in [6, 6.07) is 14.1. The van der Waals surface area contributed by atoms with Crippen LogP contribution in [-0.4, -0.2) is 35.6 Å². The number of nitrogens with zero attached hydrogens (tertiary/aromatic N) is 1. The third kappa shape index (κ3) is 3.45. The molecule has 0 radical (unpaired) electrons. The highest BCUT2D eigenvalue weighted by Crippen LogP contribution is 2.16. The Balaban J connectivity index is 2.13. The normalized spacial score (nSPS) is 10.4. The number of hydrogen-bond acceptors (Lipinski definition) is 2. The van der Waals surface area contributed by atoms with Crippen LogP contribution in [-0.2, 0) is 11.2 Å². The molecule has 0 unspecified atom stereocenters. The number of amides is 1. The SMILES string of the molecule is C=CCN(CCO)C(=O)Cc1ccc2ccccc2c1. The first-order valence-corrected chi connectivity index (χ1v) is 6.72. The maximum absolute atomic E-state index is 12.2. The standard InChI is InChI=1S/C17H19NO2/c1-2-9-18(10-11-19)17(20)13-14-7-8-15-5-3-4-6-16(15)12-14/h2-8,12,19H,1,9-11,13H2. The van der Waals surface area contributed by atoms with E-state index in [0.717, 1.165) is 10.9 Å². The number of carbonyl (C=O) groups excluding carboxylic acids is 1. The predicted octanol–water partition coefficient (Wildman–Crippen LogP) is 2.39. The summed E-state index contributed by atoms with van der Waals surface area (Å²) in [7, 11) is 0. The van der Waals surface area contributed by atoms with Gasteiger partial charge in [0.05, 0.1) is 13.0 Å². The smallest absolute Gasteiger partial charge is 0.227 e. The van der Waals surface area contributed by atoms with Crippen LogP contribution in [0.3, 0.4) is 0 Å². The molecular formula is C17H19NO2. The van der Waals surface area contributed by atoms with E-state index in [1.54, 1.807) is 11.0 Å². The first kappa shape index (κ1) is 14.3. The van der Waals surface area contributed by atoms with E-state index in [1.165, 1.54) is 5.39 Å². The van der Waals surface area contributed by atoms with Crippen molar-refractivity contribution in [3.05, 3.63) is 60.7 Å². The Morgan fingerprint density at radius 1 is 1.20 bits per heavy atom. The molecule has 3 nitrogen and oxygen atoms in total. The fourth-order valence-electron chi connectivity index (χ4n) is 2.23. The van der Waals surface area contributed by atoms with Crippen LogP contribution in [0.1, 0.15) is 5.56 Å². The Morgan fingerprint density at radius 2 is 1.95 bits per heavy atom. The number of aliphatic hydroxyl groups excluding tert-OH is 1. The number of rotatable bonds is 6. The fourth-order valence-corrected chi connectivity index (χ4v) is 2.23. The molecule has 0 bridgehead atoms. The van der Waals surface area contributed by atoms with E-state index in [2.05, 4.69) is 12.6 Å². The molecule has 0 saturated heterocycles. The van der Waals surface area contributed by atoms with Gasteiger partial charge in [0, 0.05) is 13.1 Å². The minimum Gasteiger partial charge on any atom is -0.395 e. The fraction of sp³-hybridized carbons (Fsp3) is 0.235. The molecule has 0 atom stereocenters. The average Bonchev–Trinajstić information content (AvgIpc) is 2.47. The van der Waals surface area contributed by atoms with E-state index in [9.17, 15) is 4.79 Å². The molecule has 2 rings (SSSR count). The van der Waals surface area contributed by atoms with Crippen LogP contribution in [0.2, 0.25) is 0 Å². The van der Waals surface area contributed by atoms with Crippen LogP contribution in [0.4, 0.5) is 0 Å². The lowest BCUT2D eigenvalue weighted by Crippen LogP contribution is -2.34. The predicted molar refractivity (Wildman–Crippen MR) is 81.5 cm³/mol. The van der Waals surface area contributed by atoms with Crippen LogP contribution in [0.25, 0.3) is 10.8 Å². The van der Waals surface area contributed by atoms with Gasteiger partial charge in [-0.05, 0) is 16.3 Å². The molecule has 3 heteroatoms. The molecule has 1 N–H and O–H groups in total. The lowest BCUT2D eigenvalue weighted by Gasteiger charge is -2.20. The van der Waals surface area contributed by atoms with Gasteiger partial charge in [0.15, 0.2) is 0 Å². The molecule has 1 amide bonds. The zero-order valence-electron chi connectivity index (χ0n) is 11.5. The van der Waals surface area contributed by atoms with E-state index in [1.807, 2.05) is 36.4 Å². The topological polar surface area (TPSA) is 40.5 Å². The quantitative estimate of drug-likeness (QED) is 0.818. The third-order valence-corrected chi connectivity index (χ3v) is 3.24. The second kappa shape index (κ2) is 6.87. The van der Waals surface area contributed by atoms with E-state index < -0.39 is 0 Å². The molecule has 0 spiro atoms. The molecule has 0 heterocycles. The minimum atomic E-state index is -0.0305. The van der Waals surface area contributed by atoms with Gasteiger partial charge in [-0.2, -0.15) is 0 Å². The van der Waals surface area contributed by atoms with Crippen LogP contribution in [0.15, 0.2) is 55.1 Å². The zero-order valence-corrected chi connectivity index (χ0v) is 11.5. The number of fused-ring (bicyclic) bond motifs is 1. The highest BCUT2D eigenvalue weighted by molar-refractivity contribution is 5.85. The van der Waals surface area contributed by atoms with Crippen molar-refractivity contribution in [2.45, 2.75) is 6.42 Å². The van der Waals surface area contributed by atoms with Crippen LogP contribution in [0, 0.1) is 0 Å². The van der Waals surface area contributed by atoms with E-state index in [0.29, 0.717) is 19.5 Å². The van der Waals surface area contributed by atoms with Gasteiger partial charge < -0.3 is 10.0 Å². The van der Waals surface area contributed by atoms with Crippen molar-refractivity contribution in [3.63, 3.8) is 0 Å². The van der Waals surface area contributed by atoms with Gasteiger partial charge in [0.2, 0.25) is 5.91 Å². The van der Waals surface area contributed by atoms with Gasteiger partial charge in [-0.3, -0.25) is 4.79 Å². The molecular weight excluding hydrogens is 250 g/mol. The monoisotopic (exact) mass is 269 g/mol. The molecule has 0 aliphatic carbocycles. The summed E-state index contributed by atoms with van der Waals surface area (Å²) < 4.78 is 0. The lowest BCUT2D eigenvalue weighted by atomic mass is 10.0. The van der Waals surface area contributed by atoms with Gasteiger partial charge in [-0.25, -0.2) is 0 Å². The lowest BCUT2D eigenvalue weighted by molar-refractivity contribution is -0.130. The Morgan fingerprint density at radius 3 is 2.65 bits per heavy atom. The summed E-state index contributed by atoms with van der Waals surface area (Å²) >= 11 is 0. The molecule has 2 aromatic carbocycles. The number of carbonyl (C=O) groups is 1.